The lowest BCUT2D eigenvalue weighted by Gasteiger charge is -2.21. The minimum absolute atomic E-state index is 0.0835. The second-order valence-corrected chi connectivity index (χ2v) is 8.37. The molecular formula is C22H25BrClNO3. The van der Waals surface area contributed by atoms with E-state index >= 15 is 0 Å². The molecule has 0 radical (unpaired) electrons. The van der Waals surface area contributed by atoms with Crippen LogP contribution in [0.1, 0.15) is 38.5 Å². The van der Waals surface area contributed by atoms with Gasteiger partial charge < -0.3 is 14.8 Å². The Balaban J connectivity index is 1.39. The molecule has 1 N–H and O–H groups in total. The average Bonchev–Trinajstić information content (AvgIpc) is 2.69. The average molecular weight is 467 g/mol. The summed E-state index contributed by atoms with van der Waals surface area (Å²) in [5.74, 6) is 1.98. The maximum Gasteiger partial charge on any atom is 0.262 e. The summed E-state index contributed by atoms with van der Waals surface area (Å²) >= 11 is 9.26. The van der Waals surface area contributed by atoms with Gasteiger partial charge in [-0.25, -0.2) is 0 Å². The van der Waals surface area contributed by atoms with Gasteiger partial charge in [0.2, 0.25) is 0 Å². The molecule has 4 nitrogen and oxygen atoms in total. The fourth-order valence-electron chi connectivity index (χ4n) is 3.39. The van der Waals surface area contributed by atoms with E-state index in [0.717, 1.165) is 24.7 Å². The van der Waals surface area contributed by atoms with E-state index in [0.29, 0.717) is 20.9 Å². The highest BCUT2D eigenvalue weighted by Gasteiger charge is 2.13. The number of benzene rings is 2. The highest BCUT2D eigenvalue weighted by Crippen LogP contribution is 2.28. The molecule has 0 bridgehead atoms. The number of hydrogen-bond donors (Lipinski definition) is 1. The summed E-state index contributed by atoms with van der Waals surface area (Å²) in [4.78, 5) is 12.1. The fraction of sp³-hybridized carbons (Fsp3) is 0.409. The first-order chi connectivity index (χ1) is 13.6. The van der Waals surface area contributed by atoms with E-state index in [1.54, 1.807) is 18.2 Å². The number of nitrogens with one attached hydrogen (secondary N) is 1. The van der Waals surface area contributed by atoms with Crippen molar-refractivity contribution in [2.45, 2.75) is 38.5 Å². The van der Waals surface area contributed by atoms with Crippen molar-refractivity contribution in [2.24, 2.45) is 5.92 Å². The van der Waals surface area contributed by atoms with Gasteiger partial charge in [0.1, 0.15) is 11.5 Å². The first kappa shape index (κ1) is 21.0. The van der Waals surface area contributed by atoms with Crippen LogP contribution in [-0.2, 0) is 4.79 Å². The van der Waals surface area contributed by atoms with E-state index in [1.807, 2.05) is 24.3 Å². The summed E-state index contributed by atoms with van der Waals surface area (Å²) in [5, 5.41) is 3.42. The highest BCUT2D eigenvalue weighted by molar-refractivity contribution is 9.10. The Kier molecular flexibility index (Phi) is 8.04. The first-order valence-corrected chi connectivity index (χ1v) is 10.9. The Morgan fingerprint density at radius 1 is 1.07 bits per heavy atom. The van der Waals surface area contributed by atoms with Gasteiger partial charge >= 0.3 is 0 Å². The molecule has 1 saturated carbocycles. The number of ether oxygens (including phenoxy) is 2. The predicted molar refractivity (Wildman–Crippen MR) is 116 cm³/mol. The minimum Gasteiger partial charge on any atom is -0.494 e. The summed E-state index contributed by atoms with van der Waals surface area (Å²) in [5.41, 5.74) is 0.711. The maximum absolute atomic E-state index is 12.1. The van der Waals surface area contributed by atoms with Crippen LogP contribution in [0.2, 0.25) is 5.02 Å². The normalized spacial score (nSPS) is 14.5. The summed E-state index contributed by atoms with van der Waals surface area (Å²) in [6.45, 7) is 0.667. The van der Waals surface area contributed by atoms with Crippen LogP contribution in [0.5, 0.6) is 11.5 Å². The van der Waals surface area contributed by atoms with Crippen molar-refractivity contribution >= 4 is 39.1 Å². The van der Waals surface area contributed by atoms with Crippen LogP contribution in [0.15, 0.2) is 46.9 Å². The van der Waals surface area contributed by atoms with Gasteiger partial charge in [0, 0.05) is 10.7 Å². The second-order valence-electron chi connectivity index (χ2n) is 7.08. The quantitative estimate of drug-likeness (QED) is 0.485. The smallest absolute Gasteiger partial charge is 0.262 e. The van der Waals surface area contributed by atoms with Gasteiger partial charge in [-0.3, -0.25) is 4.79 Å². The summed E-state index contributed by atoms with van der Waals surface area (Å²) < 4.78 is 12.1. The third kappa shape index (κ3) is 6.71. The lowest BCUT2D eigenvalue weighted by molar-refractivity contribution is -0.118. The molecule has 3 rings (SSSR count). The number of halogens is 2. The Morgan fingerprint density at radius 3 is 2.54 bits per heavy atom. The van der Waals surface area contributed by atoms with Crippen molar-refractivity contribution in [3.8, 4) is 11.5 Å². The molecule has 0 atom stereocenters. The third-order valence-corrected chi connectivity index (χ3v) is 5.77. The molecule has 150 valence electrons. The monoisotopic (exact) mass is 465 g/mol. The van der Waals surface area contributed by atoms with Crippen LogP contribution in [0.3, 0.4) is 0 Å². The van der Waals surface area contributed by atoms with Crippen LogP contribution in [0.4, 0.5) is 5.69 Å². The van der Waals surface area contributed by atoms with Crippen molar-refractivity contribution in [1.82, 2.24) is 0 Å². The topological polar surface area (TPSA) is 47.6 Å². The molecule has 1 aliphatic rings. The zero-order valence-electron chi connectivity index (χ0n) is 15.8. The first-order valence-electron chi connectivity index (χ1n) is 9.71. The standard InChI is InChI=1S/C22H25BrClNO3/c23-20-14-17(24)6-11-21(20)28-15-22(26)25-18-7-9-19(10-8-18)27-13-12-16-4-2-1-3-5-16/h6-11,14,16H,1-5,12-13,15H2,(H,25,26). The van der Waals surface area contributed by atoms with Crippen molar-refractivity contribution in [1.29, 1.82) is 0 Å². The van der Waals surface area contributed by atoms with Gasteiger partial charge in [0.25, 0.3) is 5.91 Å². The molecule has 1 aliphatic carbocycles. The van der Waals surface area contributed by atoms with E-state index in [-0.39, 0.29) is 12.5 Å². The minimum atomic E-state index is -0.229. The van der Waals surface area contributed by atoms with Crippen LogP contribution in [0, 0.1) is 5.92 Å². The van der Waals surface area contributed by atoms with Crippen LogP contribution in [-0.4, -0.2) is 19.1 Å². The molecular weight excluding hydrogens is 442 g/mol. The number of amides is 1. The molecule has 0 aliphatic heterocycles. The zero-order chi connectivity index (χ0) is 19.8. The van der Waals surface area contributed by atoms with Crippen molar-refractivity contribution in [3.05, 3.63) is 52.0 Å². The number of anilines is 1. The molecule has 0 unspecified atom stereocenters. The molecule has 2 aromatic carbocycles. The molecule has 0 heterocycles. The van der Waals surface area contributed by atoms with E-state index < -0.39 is 0 Å². The van der Waals surface area contributed by atoms with Gasteiger partial charge in [0.15, 0.2) is 6.61 Å². The van der Waals surface area contributed by atoms with E-state index in [4.69, 9.17) is 21.1 Å². The molecule has 0 aromatic heterocycles. The molecule has 28 heavy (non-hydrogen) atoms. The largest absolute Gasteiger partial charge is 0.494 e. The van der Waals surface area contributed by atoms with E-state index in [9.17, 15) is 4.79 Å². The Bertz CT molecular complexity index is 776. The molecule has 1 amide bonds. The summed E-state index contributed by atoms with van der Waals surface area (Å²) in [6.07, 6.45) is 7.89. The predicted octanol–water partition coefficient (Wildman–Crippen LogP) is 6.47. The van der Waals surface area contributed by atoms with Gasteiger partial charge in [-0.15, -0.1) is 0 Å². The number of carbonyl (C=O) groups excluding carboxylic acids is 1. The lowest BCUT2D eigenvalue weighted by Crippen LogP contribution is -2.20. The van der Waals surface area contributed by atoms with Crippen molar-refractivity contribution in [2.75, 3.05) is 18.5 Å². The molecule has 2 aromatic rings. The second kappa shape index (κ2) is 10.7. The lowest BCUT2D eigenvalue weighted by atomic mass is 9.87. The third-order valence-electron chi connectivity index (χ3n) is 4.91. The van der Waals surface area contributed by atoms with E-state index in [1.165, 1.54) is 32.1 Å². The van der Waals surface area contributed by atoms with Crippen LogP contribution in [0.25, 0.3) is 0 Å². The summed E-state index contributed by atoms with van der Waals surface area (Å²) in [6, 6.07) is 12.6. The molecule has 1 fully saturated rings. The SMILES string of the molecule is O=C(COc1ccc(Cl)cc1Br)Nc1ccc(OCCC2CCCCC2)cc1. The van der Waals surface area contributed by atoms with Crippen LogP contribution < -0.4 is 14.8 Å². The number of rotatable bonds is 8. The highest BCUT2D eigenvalue weighted by atomic mass is 79.9. The van der Waals surface area contributed by atoms with Gasteiger partial charge in [-0.2, -0.15) is 0 Å². The number of carbonyl (C=O) groups is 1. The molecule has 0 saturated heterocycles. The molecule has 6 heteroatoms. The number of hydrogen-bond acceptors (Lipinski definition) is 3. The Hall–Kier alpha value is -1.72. The summed E-state index contributed by atoms with van der Waals surface area (Å²) in [7, 11) is 0. The van der Waals surface area contributed by atoms with Crippen molar-refractivity contribution < 1.29 is 14.3 Å². The van der Waals surface area contributed by atoms with Gasteiger partial charge in [0.05, 0.1) is 11.1 Å². The van der Waals surface area contributed by atoms with E-state index in [2.05, 4.69) is 21.2 Å². The maximum atomic E-state index is 12.1. The Labute approximate surface area is 179 Å². The zero-order valence-corrected chi connectivity index (χ0v) is 18.1. The van der Waals surface area contributed by atoms with Gasteiger partial charge in [-0.05, 0) is 70.7 Å². The van der Waals surface area contributed by atoms with Crippen molar-refractivity contribution in [3.63, 3.8) is 0 Å². The van der Waals surface area contributed by atoms with Crippen LogP contribution >= 0.6 is 27.5 Å². The fourth-order valence-corrected chi connectivity index (χ4v) is 4.18. The molecule has 0 spiro atoms. The Morgan fingerprint density at radius 2 is 1.82 bits per heavy atom. The van der Waals surface area contributed by atoms with Gasteiger partial charge in [-0.1, -0.05) is 43.7 Å².